The van der Waals surface area contributed by atoms with Crippen LogP contribution in [0.25, 0.3) is 11.3 Å². The lowest BCUT2D eigenvalue weighted by Crippen LogP contribution is -2.25. The fourth-order valence-corrected chi connectivity index (χ4v) is 3.02. The molecule has 4 rings (SSSR count). The first-order chi connectivity index (χ1) is 12.8. The minimum absolute atomic E-state index is 0.00157. The van der Waals surface area contributed by atoms with Gasteiger partial charge < -0.3 is 14.2 Å². The molecule has 0 spiro atoms. The maximum atomic E-state index is 12.4. The Labute approximate surface area is 152 Å². The molecule has 0 fully saturated rings. The van der Waals surface area contributed by atoms with E-state index in [0.717, 1.165) is 36.4 Å². The zero-order chi connectivity index (χ0) is 17.9. The topological polar surface area (TPSA) is 60.2 Å². The number of nitrogens with zero attached hydrogens (tertiary/aromatic N) is 4. The summed E-state index contributed by atoms with van der Waals surface area (Å²) in [7, 11) is 0. The molecular formula is C20H20N4O2. The van der Waals surface area contributed by atoms with E-state index in [1.54, 1.807) is 12.4 Å². The number of imidazole rings is 1. The Morgan fingerprint density at radius 1 is 1.08 bits per heavy atom. The number of benzene rings is 1. The Morgan fingerprint density at radius 2 is 1.92 bits per heavy atom. The Kier molecular flexibility index (Phi) is 4.39. The maximum absolute atomic E-state index is 12.4. The normalized spacial score (nSPS) is 13.1. The van der Waals surface area contributed by atoms with Gasteiger partial charge in [0.1, 0.15) is 5.75 Å². The van der Waals surface area contributed by atoms with Crippen LogP contribution in [0.3, 0.4) is 0 Å². The molecule has 3 aromatic rings. The van der Waals surface area contributed by atoms with E-state index in [9.17, 15) is 4.79 Å². The second-order valence-electron chi connectivity index (χ2n) is 6.26. The minimum atomic E-state index is 0.00157. The van der Waals surface area contributed by atoms with E-state index in [1.807, 2.05) is 51.9 Å². The highest BCUT2D eigenvalue weighted by atomic mass is 16.5. The SMILES string of the molecule is CCCCN1Cn2c(-c3ccc(Oc4ccccc4)nc3)cnc2C1=O. The second kappa shape index (κ2) is 7.00. The van der Waals surface area contributed by atoms with Crippen molar-refractivity contribution in [2.45, 2.75) is 26.4 Å². The molecule has 2 aromatic heterocycles. The number of hydrogen-bond donors (Lipinski definition) is 0. The van der Waals surface area contributed by atoms with Gasteiger partial charge in [-0.05, 0) is 24.6 Å². The molecule has 0 saturated carbocycles. The summed E-state index contributed by atoms with van der Waals surface area (Å²) in [6.45, 7) is 3.43. The van der Waals surface area contributed by atoms with Crippen molar-refractivity contribution in [2.75, 3.05) is 6.54 Å². The van der Waals surface area contributed by atoms with E-state index < -0.39 is 0 Å². The van der Waals surface area contributed by atoms with Gasteiger partial charge in [0.2, 0.25) is 11.7 Å². The monoisotopic (exact) mass is 348 g/mol. The predicted molar refractivity (Wildman–Crippen MR) is 97.9 cm³/mol. The molecule has 0 bridgehead atoms. The molecule has 1 amide bonds. The number of amides is 1. The highest BCUT2D eigenvalue weighted by molar-refractivity contribution is 5.93. The fourth-order valence-electron chi connectivity index (χ4n) is 3.02. The predicted octanol–water partition coefficient (Wildman–Crippen LogP) is 3.95. The average molecular weight is 348 g/mol. The summed E-state index contributed by atoms with van der Waals surface area (Å²) < 4.78 is 7.68. The Hall–Kier alpha value is -3.15. The van der Waals surface area contributed by atoms with Gasteiger partial charge >= 0.3 is 0 Å². The Bertz CT molecular complexity index is 903. The quantitative estimate of drug-likeness (QED) is 0.677. The van der Waals surface area contributed by atoms with Crippen molar-refractivity contribution in [3.63, 3.8) is 0 Å². The number of pyridine rings is 1. The minimum Gasteiger partial charge on any atom is -0.439 e. The van der Waals surface area contributed by atoms with Crippen LogP contribution in [0.2, 0.25) is 0 Å². The standard InChI is InChI=1S/C20H20N4O2/c1-2-3-11-23-14-24-17(13-22-19(24)20(23)25)15-9-10-18(21-12-15)26-16-7-5-4-6-8-16/h4-10,12-13H,2-3,11,14H2,1H3. The first kappa shape index (κ1) is 16.3. The van der Waals surface area contributed by atoms with Crippen LogP contribution < -0.4 is 4.74 Å². The van der Waals surface area contributed by atoms with Gasteiger partial charge in [-0.3, -0.25) is 4.79 Å². The summed E-state index contributed by atoms with van der Waals surface area (Å²) in [6, 6.07) is 13.3. The zero-order valence-electron chi connectivity index (χ0n) is 14.6. The third kappa shape index (κ3) is 3.06. The number of hydrogen-bond acceptors (Lipinski definition) is 4. The Balaban J connectivity index is 1.53. The molecule has 1 aromatic carbocycles. The van der Waals surface area contributed by atoms with Crippen molar-refractivity contribution in [1.82, 2.24) is 19.4 Å². The van der Waals surface area contributed by atoms with Gasteiger partial charge in [0, 0.05) is 24.4 Å². The number of unbranched alkanes of at least 4 members (excludes halogenated alkanes) is 1. The number of rotatable bonds is 6. The van der Waals surface area contributed by atoms with Crippen LogP contribution in [0.4, 0.5) is 0 Å². The third-order valence-corrected chi connectivity index (χ3v) is 4.43. The lowest BCUT2D eigenvalue weighted by Gasteiger charge is -2.15. The van der Waals surface area contributed by atoms with Crippen LogP contribution in [0, 0.1) is 0 Å². The summed E-state index contributed by atoms with van der Waals surface area (Å²) in [4.78, 5) is 23.0. The molecule has 0 aliphatic carbocycles. The molecule has 0 N–H and O–H groups in total. The third-order valence-electron chi connectivity index (χ3n) is 4.43. The summed E-state index contributed by atoms with van der Waals surface area (Å²) in [6.07, 6.45) is 5.55. The van der Waals surface area contributed by atoms with Crippen molar-refractivity contribution in [3.8, 4) is 22.9 Å². The molecule has 1 aliphatic heterocycles. The number of fused-ring (bicyclic) bond motifs is 1. The summed E-state index contributed by atoms with van der Waals surface area (Å²) in [5.41, 5.74) is 1.81. The van der Waals surface area contributed by atoms with Crippen molar-refractivity contribution < 1.29 is 9.53 Å². The van der Waals surface area contributed by atoms with Crippen molar-refractivity contribution in [3.05, 3.63) is 60.7 Å². The zero-order valence-corrected chi connectivity index (χ0v) is 14.6. The van der Waals surface area contributed by atoms with Gasteiger partial charge in [0.25, 0.3) is 5.91 Å². The molecule has 0 saturated heterocycles. The highest BCUT2D eigenvalue weighted by Gasteiger charge is 2.30. The molecular weight excluding hydrogens is 328 g/mol. The smallest absolute Gasteiger partial charge is 0.291 e. The van der Waals surface area contributed by atoms with Crippen LogP contribution in [0.5, 0.6) is 11.6 Å². The molecule has 1 aliphatic rings. The van der Waals surface area contributed by atoms with E-state index in [-0.39, 0.29) is 5.91 Å². The first-order valence-corrected chi connectivity index (χ1v) is 8.80. The van der Waals surface area contributed by atoms with Crippen molar-refractivity contribution in [2.24, 2.45) is 0 Å². The number of para-hydroxylation sites is 1. The molecule has 0 unspecified atom stereocenters. The summed E-state index contributed by atoms with van der Waals surface area (Å²) in [5.74, 6) is 1.78. The highest BCUT2D eigenvalue weighted by Crippen LogP contribution is 2.27. The van der Waals surface area contributed by atoms with Crippen molar-refractivity contribution >= 4 is 5.91 Å². The molecule has 132 valence electrons. The molecule has 0 radical (unpaired) electrons. The molecule has 0 atom stereocenters. The molecule has 6 heteroatoms. The number of carbonyl (C=O) groups is 1. The average Bonchev–Trinajstić information content (AvgIpc) is 3.22. The summed E-state index contributed by atoms with van der Waals surface area (Å²) in [5, 5.41) is 0. The van der Waals surface area contributed by atoms with E-state index in [2.05, 4.69) is 16.9 Å². The summed E-state index contributed by atoms with van der Waals surface area (Å²) >= 11 is 0. The van der Waals surface area contributed by atoms with Gasteiger partial charge in [-0.2, -0.15) is 0 Å². The van der Waals surface area contributed by atoms with E-state index in [4.69, 9.17) is 4.74 Å². The number of carbonyl (C=O) groups excluding carboxylic acids is 1. The molecule has 3 heterocycles. The first-order valence-electron chi connectivity index (χ1n) is 8.80. The Morgan fingerprint density at radius 3 is 2.65 bits per heavy atom. The van der Waals surface area contributed by atoms with Gasteiger partial charge in [-0.1, -0.05) is 31.5 Å². The van der Waals surface area contributed by atoms with E-state index in [1.165, 1.54) is 0 Å². The van der Waals surface area contributed by atoms with Gasteiger partial charge in [0.05, 0.1) is 18.6 Å². The lowest BCUT2D eigenvalue weighted by atomic mass is 10.2. The molecule has 6 nitrogen and oxygen atoms in total. The van der Waals surface area contributed by atoms with E-state index in [0.29, 0.717) is 18.4 Å². The largest absolute Gasteiger partial charge is 0.439 e. The van der Waals surface area contributed by atoms with Crippen LogP contribution in [0.15, 0.2) is 54.9 Å². The number of ether oxygens (including phenoxy) is 1. The fraction of sp³-hybridized carbons (Fsp3) is 0.250. The lowest BCUT2D eigenvalue weighted by molar-refractivity contribution is 0.0764. The van der Waals surface area contributed by atoms with Gasteiger partial charge in [-0.15, -0.1) is 0 Å². The number of aromatic nitrogens is 3. The van der Waals surface area contributed by atoms with Gasteiger partial charge in [0.15, 0.2) is 0 Å². The second-order valence-corrected chi connectivity index (χ2v) is 6.26. The maximum Gasteiger partial charge on any atom is 0.291 e. The van der Waals surface area contributed by atoms with Crippen molar-refractivity contribution in [1.29, 1.82) is 0 Å². The van der Waals surface area contributed by atoms with Crippen LogP contribution in [-0.4, -0.2) is 31.9 Å². The van der Waals surface area contributed by atoms with E-state index >= 15 is 0 Å². The van der Waals surface area contributed by atoms with Crippen LogP contribution in [-0.2, 0) is 6.67 Å². The van der Waals surface area contributed by atoms with Crippen LogP contribution in [0.1, 0.15) is 30.4 Å². The van der Waals surface area contributed by atoms with Gasteiger partial charge in [-0.25, -0.2) is 9.97 Å². The van der Waals surface area contributed by atoms with Crippen LogP contribution >= 0.6 is 0 Å². The molecule has 26 heavy (non-hydrogen) atoms.